The van der Waals surface area contributed by atoms with Gasteiger partial charge >= 0.3 is 5.97 Å². The number of halogens is 2. The SMILES string of the molecule is COc1c(F)cc2c(c1C)c(OC(C)=O)c(C)n2C(=O)c1ccc(Br)cc1. The van der Waals surface area contributed by atoms with Gasteiger partial charge in [0.15, 0.2) is 17.3 Å². The topological polar surface area (TPSA) is 57.5 Å². The molecule has 0 amide bonds. The van der Waals surface area contributed by atoms with Gasteiger partial charge in [-0.25, -0.2) is 4.39 Å². The molecule has 7 heteroatoms. The van der Waals surface area contributed by atoms with Crippen molar-refractivity contribution in [2.75, 3.05) is 7.11 Å². The fourth-order valence-corrected chi connectivity index (χ4v) is 3.44. The molecule has 3 rings (SSSR count). The van der Waals surface area contributed by atoms with E-state index < -0.39 is 11.8 Å². The van der Waals surface area contributed by atoms with Gasteiger partial charge in [0, 0.05) is 28.6 Å². The number of carbonyl (C=O) groups excluding carboxylic acids is 2. The molecule has 3 aromatic rings. The molecule has 27 heavy (non-hydrogen) atoms. The van der Waals surface area contributed by atoms with Gasteiger partial charge in [-0.15, -0.1) is 0 Å². The average Bonchev–Trinajstić information content (AvgIpc) is 2.86. The summed E-state index contributed by atoms with van der Waals surface area (Å²) in [5, 5.41) is 0.464. The Bertz CT molecular complexity index is 1070. The van der Waals surface area contributed by atoms with E-state index in [1.54, 1.807) is 38.1 Å². The van der Waals surface area contributed by atoms with Crippen LogP contribution in [0.2, 0.25) is 0 Å². The molecular formula is C20H17BrFNO4. The summed E-state index contributed by atoms with van der Waals surface area (Å²) in [4.78, 5) is 24.7. The highest BCUT2D eigenvalue weighted by Crippen LogP contribution is 2.40. The first kappa shape index (κ1) is 19.1. The number of nitrogens with zero attached hydrogens (tertiary/aromatic N) is 1. The standard InChI is InChI=1S/C20H17BrFNO4/c1-10-17-16(9-15(22)18(10)26-4)23(11(2)19(17)27-12(3)24)20(25)13-5-7-14(21)8-6-13/h5-9H,1-4H3. The van der Waals surface area contributed by atoms with Crippen molar-refractivity contribution in [2.24, 2.45) is 0 Å². The highest BCUT2D eigenvalue weighted by atomic mass is 79.9. The van der Waals surface area contributed by atoms with Crippen LogP contribution in [0.1, 0.15) is 28.5 Å². The van der Waals surface area contributed by atoms with Gasteiger partial charge in [0.1, 0.15) is 0 Å². The molecule has 140 valence electrons. The maximum atomic E-state index is 14.5. The zero-order valence-electron chi connectivity index (χ0n) is 15.2. The molecule has 0 atom stereocenters. The molecule has 0 bridgehead atoms. The van der Waals surface area contributed by atoms with E-state index in [0.717, 1.165) is 4.47 Å². The summed E-state index contributed by atoms with van der Waals surface area (Å²) in [6.07, 6.45) is 0. The molecule has 0 fully saturated rings. The molecular weight excluding hydrogens is 417 g/mol. The molecule has 0 aliphatic carbocycles. The summed E-state index contributed by atoms with van der Waals surface area (Å²) in [5.41, 5.74) is 1.59. The minimum absolute atomic E-state index is 0.0455. The van der Waals surface area contributed by atoms with E-state index in [1.807, 2.05) is 0 Å². The second kappa shape index (κ2) is 7.15. The second-order valence-electron chi connectivity index (χ2n) is 6.07. The number of esters is 1. The minimum atomic E-state index is -0.598. The number of aromatic nitrogens is 1. The molecule has 0 radical (unpaired) electrons. The highest BCUT2D eigenvalue weighted by Gasteiger charge is 2.26. The fourth-order valence-electron chi connectivity index (χ4n) is 3.17. The lowest BCUT2D eigenvalue weighted by molar-refractivity contribution is -0.131. The summed E-state index contributed by atoms with van der Waals surface area (Å²) in [6, 6.07) is 8.04. The van der Waals surface area contributed by atoms with Gasteiger partial charge < -0.3 is 9.47 Å². The molecule has 0 aliphatic rings. The Balaban J connectivity index is 2.35. The molecule has 0 unspecified atom stereocenters. The molecule has 0 saturated heterocycles. The van der Waals surface area contributed by atoms with Crippen molar-refractivity contribution in [3.63, 3.8) is 0 Å². The van der Waals surface area contributed by atoms with Crippen molar-refractivity contribution >= 4 is 38.7 Å². The largest absolute Gasteiger partial charge is 0.493 e. The average molecular weight is 434 g/mol. The van der Waals surface area contributed by atoms with Crippen LogP contribution in [0.15, 0.2) is 34.8 Å². The number of rotatable bonds is 3. The first-order valence-corrected chi connectivity index (χ1v) is 8.92. The van der Waals surface area contributed by atoms with Crippen molar-refractivity contribution in [1.29, 1.82) is 0 Å². The van der Waals surface area contributed by atoms with Gasteiger partial charge in [-0.1, -0.05) is 15.9 Å². The summed E-state index contributed by atoms with van der Waals surface area (Å²) in [7, 11) is 1.36. The van der Waals surface area contributed by atoms with Crippen LogP contribution < -0.4 is 9.47 Å². The second-order valence-corrected chi connectivity index (χ2v) is 6.98. The van der Waals surface area contributed by atoms with E-state index in [0.29, 0.717) is 27.7 Å². The monoisotopic (exact) mass is 433 g/mol. The maximum absolute atomic E-state index is 14.5. The van der Waals surface area contributed by atoms with E-state index in [2.05, 4.69) is 15.9 Å². The molecule has 1 aromatic heterocycles. The number of ether oxygens (including phenoxy) is 2. The molecule has 2 aromatic carbocycles. The van der Waals surface area contributed by atoms with Gasteiger partial charge in [-0.05, 0) is 38.1 Å². The number of aryl methyl sites for hydroxylation is 1. The van der Waals surface area contributed by atoms with Crippen LogP contribution >= 0.6 is 15.9 Å². The molecule has 1 heterocycles. The predicted octanol–water partition coefficient (Wildman–Crippen LogP) is 4.78. The molecule has 5 nitrogen and oxygen atoms in total. The zero-order chi connectivity index (χ0) is 19.9. The smallest absolute Gasteiger partial charge is 0.308 e. The van der Waals surface area contributed by atoms with Crippen molar-refractivity contribution < 1.29 is 23.5 Å². The Labute approximate surface area is 163 Å². The number of hydrogen-bond acceptors (Lipinski definition) is 4. The Morgan fingerprint density at radius 3 is 2.30 bits per heavy atom. The Hall–Kier alpha value is -2.67. The Kier molecular flexibility index (Phi) is 5.06. The van der Waals surface area contributed by atoms with Crippen molar-refractivity contribution in [2.45, 2.75) is 20.8 Å². The van der Waals surface area contributed by atoms with Gasteiger partial charge in [0.05, 0.1) is 23.7 Å². The maximum Gasteiger partial charge on any atom is 0.308 e. The molecule has 0 aliphatic heterocycles. The Morgan fingerprint density at radius 2 is 1.74 bits per heavy atom. The summed E-state index contributed by atoms with van der Waals surface area (Å²) >= 11 is 3.33. The van der Waals surface area contributed by atoms with E-state index in [-0.39, 0.29) is 17.4 Å². The fraction of sp³-hybridized carbons (Fsp3) is 0.200. The first-order valence-electron chi connectivity index (χ1n) is 8.13. The third-order valence-electron chi connectivity index (χ3n) is 4.33. The third-order valence-corrected chi connectivity index (χ3v) is 4.86. The molecule has 0 N–H and O–H groups in total. The number of carbonyl (C=O) groups is 2. The third kappa shape index (κ3) is 3.23. The summed E-state index contributed by atoms with van der Waals surface area (Å²) in [5.74, 6) is -1.22. The number of fused-ring (bicyclic) bond motifs is 1. The van der Waals surface area contributed by atoms with Crippen LogP contribution in [0, 0.1) is 19.7 Å². The van der Waals surface area contributed by atoms with Crippen molar-refractivity contribution in [3.8, 4) is 11.5 Å². The van der Waals surface area contributed by atoms with Gasteiger partial charge in [0.25, 0.3) is 5.91 Å². The number of methoxy groups -OCH3 is 1. The minimum Gasteiger partial charge on any atom is -0.493 e. The normalized spacial score (nSPS) is 10.9. The van der Waals surface area contributed by atoms with Crippen LogP contribution in [-0.2, 0) is 4.79 Å². The van der Waals surface area contributed by atoms with E-state index in [9.17, 15) is 14.0 Å². The number of benzene rings is 2. The predicted molar refractivity (Wildman–Crippen MR) is 103 cm³/mol. The highest BCUT2D eigenvalue weighted by molar-refractivity contribution is 9.10. The number of hydrogen-bond donors (Lipinski definition) is 0. The van der Waals surface area contributed by atoms with Crippen LogP contribution in [0.3, 0.4) is 0 Å². The van der Waals surface area contributed by atoms with Crippen LogP contribution in [0.5, 0.6) is 11.5 Å². The van der Waals surface area contributed by atoms with E-state index in [4.69, 9.17) is 9.47 Å². The van der Waals surface area contributed by atoms with E-state index >= 15 is 0 Å². The zero-order valence-corrected chi connectivity index (χ0v) is 16.8. The van der Waals surface area contributed by atoms with Gasteiger partial charge in [-0.2, -0.15) is 0 Å². The van der Waals surface area contributed by atoms with Crippen LogP contribution in [0.25, 0.3) is 10.9 Å². The molecule has 0 saturated carbocycles. The van der Waals surface area contributed by atoms with Crippen molar-refractivity contribution in [3.05, 3.63) is 57.4 Å². The first-order chi connectivity index (χ1) is 12.8. The quantitative estimate of drug-likeness (QED) is 0.557. The van der Waals surface area contributed by atoms with E-state index in [1.165, 1.54) is 24.7 Å². The van der Waals surface area contributed by atoms with Crippen LogP contribution in [-0.4, -0.2) is 23.6 Å². The lowest BCUT2D eigenvalue weighted by Gasteiger charge is -2.10. The Morgan fingerprint density at radius 1 is 1.11 bits per heavy atom. The summed E-state index contributed by atoms with van der Waals surface area (Å²) < 4.78 is 27.2. The van der Waals surface area contributed by atoms with Gasteiger partial charge in [-0.3, -0.25) is 14.2 Å². The van der Waals surface area contributed by atoms with Gasteiger partial charge in [0.2, 0.25) is 0 Å². The van der Waals surface area contributed by atoms with Crippen molar-refractivity contribution in [1.82, 2.24) is 4.57 Å². The summed E-state index contributed by atoms with van der Waals surface area (Å²) in [6.45, 7) is 4.58. The lowest BCUT2D eigenvalue weighted by Crippen LogP contribution is -2.14. The molecule has 0 spiro atoms. The lowest BCUT2D eigenvalue weighted by atomic mass is 10.1. The van der Waals surface area contributed by atoms with Crippen LogP contribution in [0.4, 0.5) is 4.39 Å².